The summed E-state index contributed by atoms with van der Waals surface area (Å²) in [5, 5.41) is 3.22. The van der Waals surface area contributed by atoms with E-state index in [2.05, 4.69) is 12.2 Å². The number of fused-ring (bicyclic) bond motifs is 1. The number of benzene rings is 1. The van der Waals surface area contributed by atoms with Crippen molar-refractivity contribution in [2.24, 2.45) is 0 Å². The normalized spacial score (nSPS) is 12.5. The van der Waals surface area contributed by atoms with Crippen LogP contribution >= 0.6 is 11.6 Å². The summed E-state index contributed by atoms with van der Waals surface area (Å²) in [5.41, 5.74) is 0.469. The molecule has 1 aliphatic heterocycles. The van der Waals surface area contributed by atoms with Crippen molar-refractivity contribution in [3.63, 3.8) is 0 Å². The first-order valence-electron chi connectivity index (χ1n) is 7.17. The maximum atomic E-state index is 12.0. The van der Waals surface area contributed by atoms with Gasteiger partial charge in [0, 0.05) is 25.3 Å². The predicted molar refractivity (Wildman–Crippen MR) is 80.3 cm³/mol. The van der Waals surface area contributed by atoms with Gasteiger partial charge in [0.2, 0.25) is 6.79 Å². The van der Waals surface area contributed by atoms with Crippen molar-refractivity contribution in [2.75, 3.05) is 26.6 Å². The fraction of sp³-hybridized carbons (Fsp3) is 0.533. The highest BCUT2D eigenvalue weighted by atomic mass is 35.5. The van der Waals surface area contributed by atoms with Gasteiger partial charge in [-0.3, -0.25) is 4.79 Å². The first kappa shape index (κ1) is 15.9. The molecule has 0 aliphatic carbocycles. The molecule has 6 heteroatoms. The zero-order valence-electron chi connectivity index (χ0n) is 12.1. The molecule has 1 aromatic rings. The second-order valence-corrected chi connectivity index (χ2v) is 5.17. The number of hydrogen-bond donors (Lipinski definition) is 1. The molecule has 0 bridgehead atoms. The van der Waals surface area contributed by atoms with Gasteiger partial charge in [0.1, 0.15) is 0 Å². The lowest BCUT2D eigenvalue weighted by atomic mass is 10.2. The summed E-state index contributed by atoms with van der Waals surface area (Å²) in [6, 6.07) is 3.23. The maximum Gasteiger partial charge on any atom is 0.251 e. The first-order valence-corrected chi connectivity index (χ1v) is 7.55. The number of carbonyl (C=O) groups excluding carboxylic acids is 1. The Kier molecular flexibility index (Phi) is 6.14. The van der Waals surface area contributed by atoms with Gasteiger partial charge in [-0.1, -0.05) is 24.9 Å². The van der Waals surface area contributed by atoms with Crippen LogP contribution in [0.3, 0.4) is 0 Å². The molecule has 0 spiro atoms. The number of carbonyl (C=O) groups is 1. The van der Waals surface area contributed by atoms with E-state index in [9.17, 15) is 4.79 Å². The van der Waals surface area contributed by atoms with E-state index in [0.717, 1.165) is 25.9 Å². The average Bonchev–Trinajstić information content (AvgIpc) is 2.95. The third kappa shape index (κ3) is 4.51. The van der Waals surface area contributed by atoms with Gasteiger partial charge < -0.3 is 19.5 Å². The molecule has 1 aliphatic rings. The smallest absolute Gasteiger partial charge is 0.251 e. The van der Waals surface area contributed by atoms with E-state index in [0.29, 0.717) is 35.2 Å². The molecule has 0 radical (unpaired) electrons. The minimum absolute atomic E-state index is 0.134. The van der Waals surface area contributed by atoms with E-state index in [1.54, 1.807) is 12.1 Å². The molecule has 1 heterocycles. The Morgan fingerprint density at radius 2 is 2.14 bits per heavy atom. The summed E-state index contributed by atoms with van der Waals surface area (Å²) in [4.78, 5) is 12.0. The number of rotatable bonds is 8. The van der Waals surface area contributed by atoms with E-state index in [1.165, 1.54) is 0 Å². The van der Waals surface area contributed by atoms with Crippen LogP contribution in [0.2, 0.25) is 5.02 Å². The molecule has 0 saturated heterocycles. The quantitative estimate of drug-likeness (QED) is 0.750. The standard InChI is InChI=1S/C15H20ClNO4/c1-2-3-6-19-7-4-5-17-15(18)11-8-12(16)14-13(9-11)20-10-21-14/h8-9H,2-7,10H2,1H3,(H,17,18). The highest BCUT2D eigenvalue weighted by Gasteiger charge is 2.20. The van der Waals surface area contributed by atoms with Crippen LogP contribution in [0.1, 0.15) is 36.5 Å². The van der Waals surface area contributed by atoms with E-state index in [-0.39, 0.29) is 12.7 Å². The lowest BCUT2D eigenvalue weighted by Gasteiger charge is -2.07. The van der Waals surface area contributed by atoms with Crippen molar-refractivity contribution in [3.8, 4) is 11.5 Å². The van der Waals surface area contributed by atoms with Gasteiger partial charge >= 0.3 is 0 Å². The fourth-order valence-electron chi connectivity index (χ4n) is 1.93. The van der Waals surface area contributed by atoms with Crippen molar-refractivity contribution in [2.45, 2.75) is 26.2 Å². The first-order chi connectivity index (χ1) is 10.2. The molecule has 1 N–H and O–H groups in total. The molecular weight excluding hydrogens is 294 g/mol. The molecule has 0 fully saturated rings. The van der Waals surface area contributed by atoms with Gasteiger partial charge in [-0.15, -0.1) is 0 Å². The van der Waals surface area contributed by atoms with Crippen LogP contribution in [0.15, 0.2) is 12.1 Å². The molecule has 0 unspecified atom stereocenters. The van der Waals surface area contributed by atoms with Crippen molar-refractivity contribution in [1.82, 2.24) is 5.32 Å². The lowest BCUT2D eigenvalue weighted by Crippen LogP contribution is -2.25. The van der Waals surface area contributed by atoms with Crippen molar-refractivity contribution >= 4 is 17.5 Å². The van der Waals surface area contributed by atoms with Gasteiger partial charge in [-0.05, 0) is 25.0 Å². The van der Waals surface area contributed by atoms with E-state index < -0.39 is 0 Å². The topological polar surface area (TPSA) is 56.8 Å². The molecule has 1 amide bonds. The maximum absolute atomic E-state index is 12.0. The number of hydrogen-bond acceptors (Lipinski definition) is 4. The Morgan fingerprint density at radius 1 is 1.33 bits per heavy atom. The van der Waals surface area contributed by atoms with Crippen LogP contribution in [-0.2, 0) is 4.74 Å². The van der Waals surface area contributed by atoms with E-state index in [4.69, 9.17) is 25.8 Å². The molecule has 0 atom stereocenters. The third-order valence-electron chi connectivity index (χ3n) is 3.08. The second kappa shape index (κ2) is 8.10. The van der Waals surface area contributed by atoms with Crippen LogP contribution < -0.4 is 14.8 Å². The number of amides is 1. The van der Waals surface area contributed by atoms with Gasteiger partial charge in [-0.2, -0.15) is 0 Å². The zero-order chi connectivity index (χ0) is 15.1. The number of unbranched alkanes of at least 4 members (excludes halogenated alkanes) is 1. The van der Waals surface area contributed by atoms with E-state index >= 15 is 0 Å². The van der Waals surface area contributed by atoms with Crippen LogP contribution in [0.5, 0.6) is 11.5 Å². The minimum Gasteiger partial charge on any atom is -0.454 e. The summed E-state index contributed by atoms with van der Waals surface area (Å²) < 4.78 is 15.9. The predicted octanol–water partition coefficient (Wildman–Crippen LogP) is 3.01. The van der Waals surface area contributed by atoms with Gasteiger partial charge in [0.05, 0.1) is 5.02 Å². The Labute approximate surface area is 129 Å². The summed E-state index contributed by atoms with van der Waals surface area (Å²) in [5.74, 6) is 0.830. The monoisotopic (exact) mass is 313 g/mol. The molecule has 1 aromatic carbocycles. The third-order valence-corrected chi connectivity index (χ3v) is 3.36. The minimum atomic E-state index is -0.177. The van der Waals surface area contributed by atoms with E-state index in [1.807, 2.05) is 0 Å². The summed E-state index contributed by atoms with van der Waals surface area (Å²) in [6.07, 6.45) is 2.98. The molecule has 116 valence electrons. The number of ether oxygens (including phenoxy) is 3. The average molecular weight is 314 g/mol. The van der Waals surface area contributed by atoms with Crippen molar-refractivity contribution < 1.29 is 19.0 Å². The summed E-state index contributed by atoms with van der Waals surface area (Å²) >= 11 is 6.05. The zero-order valence-corrected chi connectivity index (χ0v) is 12.9. The Morgan fingerprint density at radius 3 is 2.95 bits per heavy atom. The van der Waals surface area contributed by atoms with Gasteiger partial charge in [0.25, 0.3) is 5.91 Å². The van der Waals surface area contributed by atoms with Crippen molar-refractivity contribution in [1.29, 1.82) is 0 Å². The highest BCUT2D eigenvalue weighted by molar-refractivity contribution is 6.32. The Bertz CT molecular complexity index is 493. The summed E-state index contributed by atoms with van der Waals surface area (Å²) in [7, 11) is 0. The Balaban J connectivity index is 1.75. The van der Waals surface area contributed by atoms with Crippen LogP contribution in [0.25, 0.3) is 0 Å². The highest BCUT2D eigenvalue weighted by Crippen LogP contribution is 2.39. The SMILES string of the molecule is CCCCOCCCNC(=O)c1cc(Cl)c2c(c1)OCO2. The van der Waals surface area contributed by atoms with Crippen LogP contribution in [0.4, 0.5) is 0 Å². The molecule has 21 heavy (non-hydrogen) atoms. The number of halogens is 1. The van der Waals surface area contributed by atoms with Gasteiger partial charge in [0.15, 0.2) is 11.5 Å². The van der Waals surface area contributed by atoms with Gasteiger partial charge in [-0.25, -0.2) is 0 Å². The molecular formula is C15H20ClNO4. The van der Waals surface area contributed by atoms with Crippen molar-refractivity contribution in [3.05, 3.63) is 22.7 Å². The molecule has 0 aromatic heterocycles. The number of nitrogens with one attached hydrogen (secondary N) is 1. The molecule has 5 nitrogen and oxygen atoms in total. The second-order valence-electron chi connectivity index (χ2n) is 4.77. The van der Waals surface area contributed by atoms with Crippen LogP contribution in [0, 0.1) is 0 Å². The summed E-state index contributed by atoms with van der Waals surface area (Å²) in [6.45, 7) is 4.26. The lowest BCUT2D eigenvalue weighted by molar-refractivity contribution is 0.0940. The fourth-order valence-corrected chi connectivity index (χ4v) is 2.19. The van der Waals surface area contributed by atoms with Crippen LogP contribution in [-0.4, -0.2) is 32.5 Å². The molecule has 2 rings (SSSR count). The Hall–Kier alpha value is -1.46. The molecule has 0 saturated carbocycles. The largest absolute Gasteiger partial charge is 0.454 e.